The third-order valence-electron chi connectivity index (χ3n) is 5.15. The smallest absolute Gasteiger partial charge is 0.464 e. The molecule has 1 atom stereocenters. The van der Waals surface area contributed by atoms with E-state index in [0.717, 1.165) is 21.2 Å². The lowest BCUT2D eigenvalue weighted by Crippen LogP contribution is -2.53. The summed E-state index contributed by atoms with van der Waals surface area (Å²) in [6, 6.07) is 6.90. The van der Waals surface area contributed by atoms with Crippen LogP contribution in [0.2, 0.25) is 0 Å². The molecular weight excluding hydrogens is 349 g/mol. The Labute approximate surface area is 160 Å². The summed E-state index contributed by atoms with van der Waals surface area (Å²) in [6.07, 6.45) is -1.17. The molecule has 1 aliphatic rings. The first kappa shape index (κ1) is 21.2. The third-order valence-corrected chi connectivity index (χ3v) is 5.15. The molecule has 148 valence electrons. The first-order chi connectivity index (χ1) is 12.4. The minimum atomic E-state index is -1.17. The largest absolute Gasteiger partial charge is 0.494 e. The first-order valence-corrected chi connectivity index (χ1v) is 8.84. The molecule has 1 heterocycles. The zero-order valence-corrected chi connectivity index (χ0v) is 16.9. The van der Waals surface area contributed by atoms with Gasteiger partial charge in [0.05, 0.1) is 17.2 Å². The van der Waals surface area contributed by atoms with Gasteiger partial charge in [0.25, 0.3) is 0 Å². The number of carbonyl (C=O) groups is 2. The second-order valence-electron chi connectivity index (χ2n) is 7.75. The number of nitrogens with zero attached hydrogens (tertiary/aromatic N) is 2. The predicted molar refractivity (Wildman–Crippen MR) is 102 cm³/mol. The summed E-state index contributed by atoms with van der Waals surface area (Å²) in [5.74, 6) is -0.355. The van der Waals surface area contributed by atoms with E-state index in [4.69, 9.17) is 9.31 Å². The summed E-state index contributed by atoms with van der Waals surface area (Å²) < 4.78 is 12.1. The van der Waals surface area contributed by atoms with E-state index in [1.54, 1.807) is 6.92 Å². The van der Waals surface area contributed by atoms with Gasteiger partial charge >= 0.3 is 13.2 Å². The van der Waals surface area contributed by atoms with Gasteiger partial charge in [-0.05, 0) is 45.6 Å². The molecule has 0 aromatic heterocycles. The summed E-state index contributed by atoms with van der Waals surface area (Å²) in [5, 5.41) is 11.7. The lowest BCUT2D eigenvalue weighted by molar-refractivity contribution is -0.132. The fourth-order valence-corrected chi connectivity index (χ4v) is 2.89. The SMILES string of the molecule is CC(=O)NN(C)N(C(=O)O)[C@@H](C)c1ccc(B2OC(C)(C)C(C)(C)O2)cc1. The van der Waals surface area contributed by atoms with Gasteiger partial charge in [-0.3, -0.25) is 10.2 Å². The van der Waals surface area contributed by atoms with Gasteiger partial charge < -0.3 is 14.4 Å². The number of nitrogens with one attached hydrogen (secondary N) is 1. The zero-order chi connectivity index (χ0) is 20.6. The van der Waals surface area contributed by atoms with Gasteiger partial charge in [0, 0.05) is 14.0 Å². The quantitative estimate of drug-likeness (QED) is 0.602. The Balaban J connectivity index is 2.18. The van der Waals surface area contributed by atoms with E-state index >= 15 is 0 Å². The van der Waals surface area contributed by atoms with Crippen LogP contribution in [0.4, 0.5) is 4.79 Å². The van der Waals surface area contributed by atoms with Gasteiger partial charge in [0.1, 0.15) is 0 Å². The van der Waals surface area contributed by atoms with E-state index in [-0.39, 0.29) is 5.91 Å². The summed E-state index contributed by atoms with van der Waals surface area (Å²) in [6.45, 7) is 11.0. The zero-order valence-electron chi connectivity index (χ0n) is 16.9. The van der Waals surface area contributed by atoms with Crippen molar-refractivity contribution in [1.29, 1.82) is 0 Å². The Morgan fingerprint density at radius 1 is 1.11 bits per heavy atom. The molecule has 0 saturated carbocycles. The van der Waals surface area contributed by atoms with Crippen LogP contribution in [-0.4, -0.2) is 52.6 Å². The van der Waals surface area contributed by atoms with Gasteiger partial charge in [0.15, 0.2) is 0 Å². The monoisotopic (exact) mass is 377 g/mol. The summed E-state index contributed by atoms with van der Waals surface area (Å²) in [5.41, 5.74) is 3.23. The predicted octanol–water partition coefficient (Wildman–Crippen LogP) is 1.92. The van der Waals surface area contributed by atoms with Crippen molar-refractivity contribution in [1.82, 2.24) is 15.6 Å². The molecule has 0 unspecified atom stereocenters. The maximum atomic E-state index is 11.6. The van der Waals surface area contributed by atoms with Crippen LogP contribution in [0.25, 0.3) is 0 Å². The highest BCUT2D eigenvalue weighted by Gasteiger charge is 2.51. The number of hydrogen-bond acceptors (Lipinski definition) is 5. The number of rotatable bonds is 5. The molecule has 2 N–H and O–H groups in total. The molecule has 8 nitrogen and oxygen atoms in total. The van der Waals surface area contributed by atoms with Gasteiger partial charge in [-0.15, -0.1) is 5.12 Å². The molecule has 1 aromatic rings. The molecule has 9 heteroatoms. The van der Waals surface area contributed by atoms with Gasteiger partial charge in [-0.25, -0.2) is 9.80 Å². The molecule has 1 fully saturated rings. The molecule has 1 saturated heterocycles. The molecule has 1 aliphatic heterocycles. The number of hydrazine groups is 2. The highest BCUT2D eigenvalue weighted by molar-refractivity contribution is 6.62. The van der Waals surface area contributed by atoms with Crippen molar-refractivity contribution in [2.75, 3.05) is 7.05 Å². The lowest BCUT2D eigenvalue weighted by Gasteiger charge is -2.34. The highest BCUT2D eigenvalue weighted by atomic mass is 16.7. The molecule has 2 amide bonds. The van der Waals surface area contributed by atoms with Crippen LogP contribution in [0.3, 0.4) is 0 Å². The topological polar surface area (TPSA) is 91.3 Å². The van der Waals surface area contributed by atoms with E-state index < -0.39 is 30.5 Å². The van der Waals surface area contributed by atoms with Crippen LogP contribution < -0.4 is 10.9 Å². The van der Waals surface area contributed by atoms with Crippen LogP contribution in [0, 0.1) is 0 Å². The molecule has 2 rings (SSSR count). The number of carbonyl (C=O) groups excluding carboxylic acids is 1. The summed E-state index contributed by atoms with van der Waals surface area (Å²) >= 11 is 0. The number of benzene rings is 1. The number of amides is 2. The van der Waals surface area contributed by atoms with E-state index in [0.29, 0.717) is 0 Å². The third kappa shape index (κ3) is 4.43. The van der Waals surface area contributed by atoms with Crippen LogP contribution in [0.15, 0.2) is 24.3 Å². The Morgan fingerprint density at radius 2 is 1.59 bits per heavy atom. The Morgan fingerprint density at radius 3 is 2.00 bits per heavy atom. The van der Waals surface area contributed by atoms with Crippen molar-refractivity contribution < 1.29 is 24.0 Å². The molecular formula is C18H28BN3O5. The minimum Gasteiger partial charge on any atom is -0.464 e. The average molecular weight is 377 g/mol. The Kier molecular flexibility index (Phi) is 5.89. The normalized spacial score (nSPS) is 19.0. The fraction of sp³-hybridized carbons (Fsp3) is 0.556. The van der Waals surface area contributed by atoms with Crippen molar-refractivity contribution in [2.24, 2.45) is 0 Å². The molecule has 0 bridgehead atoms. The van der Waals surface area contributed by atoms with Crippen LogP contribution in [0.1, 0.15) is 53.1 Å². The van der Waals surface area contributed by atoms with E-state index in [2.05, 4.69) is 5.43 Å². The average Bonchev–Trinajstić information content (AvgIpc) is 2.74. The second kappa shape index (κ2) is 7.50. The minimum absolute atomic E-state index is 0.355. The number of carboxylic acid groups (broad SMARTS) is 1. The maximum absolute atomic E-state index is 11.6. The van der Waals surface area contributed by atoms with Crippen LogP contribution >= 0.6 is 0 Å². The van der Waals surface area contributed by atoms with Gasteiger partial charge in [-0.1, -0.05) is 24.3 Å². The summed E-state index contributed by atoms with van der Waals surface area (Å²) in [7, 11) is 1.00. The van der Waals surface area contributed by atoms with Crippen molar-refractivity contribution in [3.8, 4) is 0 Å². The van der Waals surface area contributed by atoms with E-state index in [1.165, 1.54) is 14.0 Å². The number of hydrogen-bond donors (Lipinski definition) is 2. The highest BCUT2D eigenvalue weighted by Crippen LogP contribution is 2.36. The van der Waals surface area contributed by atoms with Crippen molar-refractivity contribution in [3.63, 3.8) is 0 Å². The van der Waals surface area contributed by atoms with Crippen LogP contribution in [-0.2, 0) is 14.1 Å². The Hall–Kier alpha value is -2.10. The Bertz CT molecular complexity index is 691. The standard InChI is InChI=1S/C18H28BN3O5/c1-12(22(16(24)25)21(7)20-13(2)23)14-8-10-15(11-9-14)19-26-17(3,4)18(5,6)27-19/h8-12H,1-7H3,(H,20,23)(H,24,25)/t12-/m0/s1. The molecule has 27 heavy (non-hydrogen) atoms. The molecule has 0 spiro atoms. The summed E-state index contributed by atoms with van der Waals surface area (Å²) in [4.78, 5) is 22.9. The van der Waals surface area contributed by atoms with Crippen molar-refractivity contribution in [3.05, 3.63) is 29.8 Å². The first-order valence-electron chi connectivity index (χ1n) is 8.84. The van der Waals surface area contributed by atoms with Crippen molar-refractivity contribution in [2.45, 2.75) is 58.8 Å². The lowest BCUT2D eigenvalue weighted by atomic mass is 9.78. The van der Waals surface area contributed by atoms with Gasteiger partial charge in [0.2, 0.25) is 5.91 Å². The molecule has 1 aromatic carbocycles. The van der Waals surface area contributed by atoms with Gasteiger partial charge in [-0.2, -0.15) is 0 Å². The molecule has 0 aliphatic carbocycles. The van der Waals surface area contributed by atoms with E-state index in [9.17, 15) is 14.7 Å². The van der Waals surface area contributed by atoms with Crippen LogP contribution in [0.5, 0.6) is 0 Å². The van der Waals surface area contributed by atoms with Crippen molar-refractivity contribution >= 4 is 24.6 Å². The van der Waals surface area contributed by atoms with E-state index in [1.807, 2.05) is 52.0 Å². The fourth-order valence-electron chi connectivity index (χ4n) is 2.89. The molecule has 0 radical (unpaired) electrons. The maximum Gasteiger partial charge on any atom is 0.494 e. The second-order valence-corrected chi connectivity index (χ2v) is 7.75.